The number of carbonyl (C=O) groups is 1. The molecule has 5 aromatic rings. The number of aliphatic hydroxyl groups is 1. The number of halogens is 2. The molecule has 2 heterocycles. The molecule has 3 aromatic carbocycles. The summed E-state index contributed by atoms with van der Waals surface area (Å²) < 4.78 is 34.3. The topological polar surface area (TPSA) is 89.4 Å². The first-order valence-electron chi connectivity index (χ1n) is 12.9. The van der Waals surface area contributed by atoms with Gasteiger partial charge in [-0.05, 0) is 72.5 Å². The minimum Gasteiger partial charge on any atom is -0.618 e. The van der Waals surface area contributed by atoms with Crippen LogP contribution >= 0.6 is 0 Å². The Bertz CT molecular complexity index is 1660. The fourth-order valence-electron chi connectivity index (χ4n) is 5.05. The summed E-state index contributed by atoms with van der Waals surface area (Å²) in [6.45, 7) is 3.45. The maximum Gasteiger partial charge on any atom is 0.241 e. The number of aliphatic hydroxyl groups excluding tert-OH is 1. The van der Waals surface area contributed by atoms with Gasteiger partial charge >= 0.3 is 0 Å². The highest BCUT2D eigenvalue weighted by molar-refractivity contribution is 5.83. The molecule has 2 atom stereocenters. The molecule has 0 saturated carbocycles. The predicted molar refractivity (Wildman–Crippen MR) is 147 cm³/mol. The Morgan fingerprint density at radius 3 is 2.50 bits per heavy atom. The van der Waals surface area contributed by atoms with E-state index in [1.54, 1.807) is 36.4 Å². The minimum absolute atomic E-state index is 0.0658. The van der Waals surface area contributed by atoms with E-state index in [0.717, 1.165) is 34.5 Å². The SMILES string of the molecule is Cc1ccc(C(NC(=O)Cc2ccc3oc(C(CO)c4c(F)ccc[n+]4[O-])cc3c2)c2ccc(F)cc2)c(C)c1. The van der Waals surface area contributed by atoms with Gasteiger partial charge in [0.1, 0.15) is 23.1 Å². The lowest BCUT2D eigenvalue weighted by Crippen LogP contribution is -2.35. The van der Waals surface area contributed by atoms with Gasteiger partial charge in [-0.2, -0.15) is 9.12 Å². The maximum absolute atomic E-state index is 14.4. The van der Waals surface area contributed by atoms with Crippen LogP contribution < -0.4 is 10.0 Å². The summed E-state index contributed by atoms with van der Waals surface area (Å²) in [5, 5.41) is 25.9. The third-order valence-electron chi connectivity index (χ3n) is 7.01. The van der Waals surface area contributed by atoms with Crippen LogP contribution in [0.5, 0.6) is 0 Å². The summed E-state index contributed by atoms with van der Waals surface area (Å²) in [7, 11) is 0. The summed E-state index contributed by atoms with van der Waals surface area (Å²) in [5.74, 6) is -2.09. The molecule has 2 N–H and O–H groups in total. The van der Waals surface area contributed by atoms with E-state index in [4.69, 9.17) is 4.42 Å². The number of nitrogens with one attached hydrogen (secondary N) is 1. The fraction of sp³-hybridized carbons (Fsp3) is 0.188. The molecule has 0 spiro atoms. The molecule has 8 heteroatoms. The number of furan rings is 1. The van der Waals surface area contributed by atoms with E-state index in [9.17, 15) is 23.9 Å². The van der Waals surface area contributed by atoms with Crippen molar-refractivity contribution in [1.82, 2.24) is 5.32 Å². The van der Waals surface area contributed by atoms with Crippen LogP contribution in [0.3, 0.4) is 0 Å². The Morgan fingerprint density at radius 2 is 1.80 bits per heavy atom. The number of amides is 1. The van der Waals surface area contributed by atoms with Crippen LogP contribution in [-0.4, -0.2) is 17.6 Å². The van der Waals surface area contributed by atoms with Crippen molar-refractivity contribution in [2.24, 2.45) is 0 Å². The maximum atomic E-state index is 14.4. The molecule has 6 nitrogen and oxygen atoms in total. The number of benzene rings is 3. The van der Waals surface area contributed by atoms with Gasteiger partial charge in [0.25, 0.3) is 0 Å². The lowest BCUT2D eigenvalue weighted by Gasteiger charge is -2.22. The standard InChI is InChI=1S/C32H28F2N2O4/c1-19-5-11-25(20(2)14-19)31(22-7-9-24(33)10-8-22)35-30(38)16-21-6-12-28-23(15-21)17-29(40-28)26(18-37)32-27(34)4-3-13-36(32)39/h3-15,17,26,31,37H,16,18H2,1-2H3,(H,35,38). The zero-order valence-electron chi connectivity index (χ0n) is 22.0. The Balaban J connectivity index is 1.40. The number of pyridine rings is 1. The van der Waals surface area contributed by atoms with Gasteiger partial charge < -0.3 is 20.0 Å². The highest BCUT2D eigenvalue weighted by Crippen LogP contribution is 2.31. The number of aryl methyl sites for hydroxylation is 2. The molecule has 5 rings (SSSR count). The highest BCUT2D eigenvalue weighted by atomic mass is 19.1. The van der Waals surface area contributed by atoms with Gasteiger partial charge in [-0.1, -0.05) is 42.0 Å². The molecular formula is C32H28F2N2O4. The first-order valence-corrected chi connectivity index (χ1v) is 12.9. The number of hydrogen-bond acceptors (Lipinski definition) is 4. The number of aromatic nitrogens is 1. The molecule has 2 aromatic heterocycles. The van der Waals surface area contributed by atoms with Gasteiger partial charge in [-0.3, -0.25) is 4.79 Å². The molecule has 40 heavy (non-hydrogen) atoms. The van der Waals surface area contributed by atoms with Crippen molar-refractivity contribution in [3.63, 3.8) is 0 Å². The zero-order chi connectivity index (χ0) is 28.4. The zero-order valence-corrected chi connectivity index (χ0v) is 22.0. The van der Waals surface area contributed by atoms with E-state index < -0.39 is 24.4 Å². The third kappa shape index (κ3) is 5.58. The Labute approximate surface area is 230 Å². The second-order valence-corrected chi connectivity index (χ2v) is 9.91. The second kappa shape index (κ2) is 11.3. The number of hydrogen-bond donors (Lipinski definition) is 2. The van der Waals surface area contributed by atoms with Gasteiger partial charge in [-0.25, -0.2) is 4.39 Å². The molecule has 0 saturated heterocycles. The van der Waals surface area contributed by atoms with Gasteiger partial charge in [0.05, 0.1) is 19.1 Å². The lowest BCUT2D eigenvalue weighted by atomic mass is 9.93. The Morgan fingerprint density at radius 1 is 1.02 bits per heavy atom. The van der Waals surface area contributed by atoms with Crippen LogP contribution in [0.4, 0.5) is 8.78 Å². The third-order valence-corrected chi connectivity index (χ3v) is 7.01. The fourth-order valence-corrected chi connectivity index (χ4v) is 5.05. The van der Waals surface area contributed by atoms with Crippen molar-refractivity contribution in [1.29, 1.82) is 0 Å². The molecule has 0 aliphatic rings. The largest absolute Gasteiger partial charge is 0.618 e. The predicted octanol–water partition coefficient (Wildman–Crippen LogP) is 5.53. The lowest BCUT2D eigenvalue weighted by molar-refractivity contribution is -0.617. The van der Waals surface area contributed by atoms with Crippen molar-refractivity contribution < 1.29 is 27.8 Å². The summed E-state index contributed by atoms with van der Waals surface area (Å²) in [6, 6.07) is 20.9. The van der Waals surface area contributed by atoms with E-state index in [-0.39, 0.29) is 29.6 Å². The van der Waals surface area contributed by atoms with Gasteiger partial charge in [0.2, 0.25) is 11.6 Å². The van der Waals surface area contributed by atoms with E-state index in [2.05, 4.69) is 5.32 Å². The molecule has 0 bridgehead atoms. The molecule has 0 fully saturated rings. The van der Waals surface area contributed by atoms with Crippen LogP contribution in [0, 0.1) is 30.7 Å². The molecule has 0 aliphatic carbocycles. The van der Waals surface area contributed by atoms with E-state index in [1.165, 1.54) is 18.2 Å². The highest BCUT2D eigenvalue weighted by Gasteiger charge is 2.29. The van der Waals surface area contributed by atoms with E-state index in [0.29, 0.717) is 21.3 Å². The average Bonchev–Trinajstić information content (AvgIpc) is 3.33. The molecule has 2 unspecified atom stereocenters. The van der Waals surface area contributed by atoms with Gasteiger partial charge in [0.15, 0.2) is 12.0 Å². The molecule has 0 aliphatic heterocycles. The normalized spacial score (nSPS) is 12.8. The average molecular weight is 543 g/mol. The summed E-state index contributed by atoms with van der Waals surface area (Å²) >= 11 is 0. The second-order valence-electron chi connectivity index (χ2n) is 9.91. The minimum atomic E-state index is -0.993. The first-order chi connectivity index (χ1) is 19.2. The summed E-state index contributed by atoms with van der Waals surface area (Å²) in [6.07, 6.45) is 1.23. The van der Waals surface area contributed by atoms with Crippen LogP contribution in [0.15, 0.2) is 89.5 Å². The molecule has 0 radical (unpaired) electrons. The van der Waals surface area contributed by atoms with Crippen LogP contribution in [0.1, 0.15) is 51.2 Å². The van der Waals surface area contributed by atoms with E-state index >= 15 is 0 Å². The van der Waals surface area contributed by atoms with Crippen LogP contribution in [0.2, 0.25) is 0 Å². The van der Waals surface area contributed by atoms with Crippen molar-refractivity contribution in [2.75, 3.05) is 6.61 Å². The van der Waals surface area contributed by atoms with Gasteiger partial charge in [0, 0.05) is 11.5 Å². The van der Waals surface area contributed by atoms with Crippen molar-refractivity contribution in [2.45, 2.75) is 32.2 Å². The summed E-state index contributed by atoms with van der Waals surface area (Å²) in [5.41, 5.74) is 4.74. The number of fused-ring (bicyclic) bond motifs is 1. The van der Waals surface area contributed by atoms with Crippen LogP contribution in [-0.2, 0) is 11.2 Å². The molecule has 1 amide bonds. The van der Waals surface area contributed by atoms with Crippen molar-refractivity contribution in [3.8, 4) is 0 Å². The quantitative estimate of drug-likeness (QED) is 0.199. The van der Waals surface area contributed by atoms with Gasteiger partial charge in [-0.15, -0.1) is 0 Å². The molecular weight excluding hydrogens is 514 g/mol. The smallest absolute Gasteiger partial charge is 0.241 e. The Hall–Kier alpha value is -4.56. The number of nitrogens with zero attached hydrogens (tertiary/aromatic N) is 1. The number of rotatable bonds is 8. The first kappa shape index (κ1) is 27.0. The summed E-state index contributed by atoms with van der Waals surface area (Å²) in [4.78, 5) is 13.2. The van der Waals surface area contributed by atoms with Crippen molar-refractivity contribution >= 4 is 16.9 Å². The Kier molecular flexibility index (Phi) is 7.62. The van der Waals surface area contributed by atoms with Crippen LogP contribution in [0.25, 0.3) is 11.0 Å². The van der Waals surface area contributed by atoms with E-state index in [1.807, 2.05) is 32.0 Å². The van der Waals surface area contributed by atoms with Crippen molar-refractivity contribution in [3.05, 3.63) is 141 Å². The number of carbonyl (C=O) groups excluding carboxylic acids is 1. The molecule has 204 valence electrons. The monoisotopic (exact) mass is 542 g/mol.